The topological polar surface area (TPSA) is 74.6 Å². The first-order valence-electron chi connectivity index (χ1n) is 8.74. The lowest BCUT2D eigenvalue weighted by atomic mass is 10.0. The number of aliphatic imine (C=N–C) groups is 1. The zero-order valence-electron chi connectivity index (χ0n) is 15.2. The first-order chi connectivity index (χ1) is 11.5. The number of hydrogen-bond donors (Lipinski definition) is 2. The van der Waals surface area contributed by atoms with Crippen molar-refractivity contribution in [1.29, 1.82) is 0 Å². The van der Waals surface area contributed by atoms with Crippen LogP contribution in [0.4, 0.5) is 0 Å². The zero-order chi connectivity index (χ0) is 17.5. The van der Waals surface area contributed by atoms with Gasteiger partial charge in [-0.2, -0.15) is 5.10 Å². The Bertz CT molecular complexity index is 557. The molecule has 134 valence electrons. The number of rotatable bonds is 5. The van der Waals surface area contributed by atoms with Gasteiger partial charge in [-0.05, 0) is 25.3 Å². The molecule has 0 saturated carbocycles. The highest BCUT2D eigenvalue weighted by Gasteiger charge is 2.24. The molecule has 24 heavy (non-hydrogen) atoms. The SMILES string of the molecule is CN=C(NCCn1cc(C)cn1)NC1CCN(C(=O)C(C)C)CC1. The third kappa shape index (κ3) is 5.25. The van der Waals surface area contributed by atoms with Crippen LogP contribution in [0.15, 0.2) is 17.4 Å². The largest absolute Gasteiger partial charge is 0.355 e. The fraction of sp³-hybridized carbons (Fsp3) is 0.706. The first kappa shape index (κ1) is 18.3. The lowest BCUT2D eigenvalue weighted by molar-refractivity contribution is -0.135. The van der Waals surface area contributed by atoms with Crippen molar-refractivity contribution in [2.75, 3.05) is 26.7 Å². The molecule has 1 aliphatic rings. The molecule has 1 aromatic heterocycles. The number of nitrogens with zero attached hydrogens (tertiary/aromatic N) is 4. The van der Waals surface area contributed by atoms with Crippen molar-refractivity contribution >= 4 is 11.9 Å². The molecule has 0 atom stereocenters. The van der Waals surface area contributed by atoms with E-state index in [1.54, 1.807) is 7.05 Å². The number of guanidine groups is 1. The molecule has 7 nitrogen and oxygen atoms in total. The fourth-order valence-electron chi connectivity index (χ4n) is 2.88. The number of carbonyl (C=O) groups excluding carboxylic acids is 1. The number of amides is 1. The Labute approximate surface area is 144 Å². The minimum atomic E-state index is 0.0786. The van der Waals surface area contributed by atoms with Gasteiger partial charge in [0.05, 0.1) is 12.7 Å². The molecule has 1 aromatic rings. The second-order valence-corrected chi connectivity index (χ2v) is 6.68. The van der Waals surface area contributed by atoms with E-state index in [-0.39, 0.29) is 11.8 Å². The number of piperidine rings is 1. The highest BCUT2D eigenvalue weighted by molar-refractivity contribution is 5.80. The average molecular weight is 334 g/mol. The first-order valence-corrected chi connectivity index (χ1v) is 8.74. The number of aryl methyl sites for hydroxylation is 1. The molecule has 0 radical (unpaired) electrons. The molecule has 2 rings (SSSR count). The summed E-state index contributed by atoms with van der Waals surface area (Å²) in [4.78, 5) is 18.3. The third-order valence-electron chi connectivity index (χ3n) is 4.26. The summed E-state index contributed by atoms with van der Waals surface area (Å²) >= 11 is 0. The van der Waals surface area contributed by atoms with Gasteiger partial charge in [0.25, 0.3) is 0 Å². The molecular formula is C17H30N6O. The van der Waals surface area contributed by atoms with E-state index in [2.05, 4.69) is 20.7 Å². The van der Waals surface area contributed by atoms with E-state index < -0.39 is 0 Å². The third-order valence-corrected chi connectivity index (χ3v) is 4.26. The van der Waals surface area contributed by atoms with Crippen LogP contribution in [0.2, 0.25) is 0 Å². The summed E-state index contributed by atoms with van der Waals surface area (Å²) in [6.45, 7) is 9.16. The Balaban J connectivity index is 1.71. The summed E-state index contributed by atoms with van der Waals surface area (Å²) in [7, 11) is 1.78. The van der Waals surface area contributed by atoms with Crippen LogP contribution in [0.5, 0.6) is 0 Å². The van der Waals surface area contributed by atoms with Crippen LogP contribution in [-0.2, 0) is 11.3 Å². The van der Waals surface area contributed by atoms with E-state index in [0.717, 1.165) is 45.0 Å². The van der Waals surface area contributed by atoms with Gasteiger partial charge in [0, 0.05) is 44.8 Å². The molecule has 7 heteroatoms. The maximum absolute atomic E-state index is 12.0. The summed E-state index contributed by atoms with van der Waals surface area (Å²) in [5.74, 6) is 1.15. The Morgan fingerprint density at radius 1 is 1.42 bits per heavy atom. The molecule has 2 N–H and O–H groups in total. The summed E-state index contributed by atoms with van der Waals surface area (Å²) in [6.07, 6.45) is 5.80. The Morgan fingerprint density at radius 3 is 2.67 bits per heavy atom. The normalized spacial score (nSPS) is 16.5. The van der Waals surface area contributed by atoms with Gasteiger partial charge >= 0.3 is 0 Å². The molecule has 0 aromatic carbocycles. The number of likely N-dealkylation sites (tertiary alicyclic amines) is 1. The summed E-state index contributed by atoms with van der Waals surface area (Å²) in [5.41, 5.74) is 1.17. The average Bonchev–Trinajstić information content (AvgIpc) is 2.99. The smallest absolute Gasteiger partial charge is 0.225 e. The van der Waals surface area contributed by atoms with E-state index in [1.807, 2.05) is 42.7 Å². The van der Waals surface area contributed by atoms with Crippen molar-refractivity contribution in [2.24, 2.45) is 10.9 Å². The van der Waals surface area contributed by atoms with Crippen molar-refractivity contribution in [3.05, 3.63) is 18.0 Å². The van der Waals surface area contributed by atoms with E-state index in [0.29, 0.717) is 6.04 Å². The van der Waals surface area contributed by atoms with Crippen molar-refractivity contribution in [3.8, 4) is 0 Å². The van der Waals surface area contributed by atoms with Crippen LogP contribution >= 0.6 is 0 Å². The van der Waals surface area contributed by atoms with Gasteiger partial charge in [-0.15, -0.1) is 0 Å². The van der Waals surface area contributed by atoms with Gasteiger partial charge in [0.15, 0.2) is 5.96 Å². The lowest BCUT2D eigenvalue weighted by Gasteiger charge is -2.34. The van der Waals surface area contributed by atoms with E-state index in [1.165, 1.54) is 5.56 Å². The molecule has 0 spiro atoms. The molecule has 1 aliphatic heterocycles. The standard InChI is InChI=1S/C17H30N6O/c1-13(2)16(24)22-8-5-15(6-9-22)21-17(18-4)19-7-10-23-12-14(3)11-20-23/h11-13,15H,5-10H2,1-4H3,(H2,18,19,21). The van der Waals surface area contributed by atoms with Crippen LogP contribution in [0.1, 0.15) is 32.3 Å². The quantitative estimate of drug-likeness (QED) is 0.622. The Kier molecular flexibility index (Phi) is 6.63. The van der Waals surface area contributed by atoms with Crippen molar-refractivity contribution in [2.45, 2.75) is 46.2 Å². The minimum Gasteiger partial charge on any atom is -0.355 e. The van der Waals surface area contributed by atoms with Gasteiger partial charge < -0.3 is 15.5 Å². The van der Waals surface area contributed by atoms with E-state index in [9.17, 15) is 4.79 Å². The molecule has 0 aliphatic carbocycles. The van der Waals surface area contributed by atoms with Gasteiger partial charge in [-0.25, -0.2) is 0 Å². The lowest BCUT2D eigenvalue weighted by Crippen LogP contribution is -2.50. The monoisotopic (exact) mass is 334 g/mol. The highest BCUT2D eigenvalue weighted by Crippen LogP contribution is 2.13. The second kappa shape index (κ2) is 8.70. The number of hydrogen-bond acceptors (Lipinski definition) is 3. The van der Waals surface area contributed by atoms with Gasteiger partial charge in [-0.3, -0.25) is 14.5 Å². The maximum atomic E-state index is 12.0. The summed E-state index contributed by atoms with van der Waals surface area (Å²) < 4.78 is 1.92. The predicted molar refractivity (Wildman–Crippen MR) is 95.9 cm³/mol. The number of nitrogens with one attached hydrogen (secondary N) is 2. The minimum absolute atomic E-state index is 0.0786. The highest BCUT2D eigenvalue weighted by atomic mass is 16.2. The van der Waals surface area contributed by atoms with Crippen molar-refractivity contribution in [1.82, 2.24) is 25.3 Å². The zero-order valence-corrected chi connectivity index (χ0v) is 15.2. The van der Waals surface area contributed by atoms with Gasteiger partial charge in [0.2, 0.25) is 5.91 Å². The molecule has 1 fully saturated rings. The Hall–Kier alpha value is -2.05. The van der Waals surface area contributed by atoms with Crippen LogP contribution in [0.25, 0.3) is 0 Å². The number of carbonyl (C=O) groups is 1. The van der Waals surface area contributed by atoms with Gasteiger partial charge in [0.1, 0.15) is 0 Å². The maximum Gasteiger partial charge on any atom is 0.225 e. The summed E-state index contributed by atoms with van der Waals surface area (Å²) in [5, 5.41) is 11.1. The molecule has 0 unspecified atom stereocenters. The van der Waals surface area contributed by atoms with Crippen molar-refractivity contribution < 1.29 is 4.79 Å². The molecule has 0 bridgehead atoms. The van der Waals surface area contributed by atoms with E-state index >= 15 is 0 Å². The Morgan fingerprint density at radius 2 is 2.12 bits per heavy atom. The van der Waals surface area contributed by atoms with Crippen LogP contribution < -0.4 is 10.6 Å². The van der Waals surface area contributed by atoms with Crippen LogP contribution in [-0.4, -0.2) is 59.3 Å². The van der Waals surface area contributed by atoms with Gasteiger partial charge in [-0.1, -0.05) is 13.8 Å². The molecule has 1 saturated heterocycles. The van der Waals surface area contributed by atoms with E-state index in [4.69, 9.17) is 0 Å². The number of aromatic nitrogens is 2. The fourth-order valence-corrected chi connectivity index (χ4v) is 2.88. The molecule has 2 heterocycles. The summed E-state index contributed by atoms with van der Waals surface area (Å²) in [6, 6.07) is 0.361. The second-order valence-electron chi connectivity index (χ2n) is 6.68. The van der Waals surface area contributed by atoms with Crippen LogP contribution in [0.3, 0.4) is 0 Å². The molecular weight excluding hydrogens is 304 g/mol. The van der Waals surface area contributed by atoms with Crippen molar-refractivity contribution in [3.63, 3.8) is 0 Å². The predicted octanol–water partition coefficient (Wildman–Crippen LogP) is 1.00. The molecule has 1 amide bonds. The van der Waals surface area contributed by atoms with Crippen LogP contribution in [0, 0.1) is 12.8 Å².